The van der Waals surface area contributed by atoms with E-state index in [1.54, 1.807) is 6.07 Å². The summed E-state index contributed by atoms with van der Waals surface area (Å²) in [4.78, 5) is 13.1. The maximum Gasteiger partial charge on any atom is 0.416 e. The number of rotatable bonds is 3. The van der Waals surface area contributed by atoms with Crippen molar-refractivity contribution in [1.29, 1.82) is 0 Å². The highest BCUT2D eigenvalue weighted by Gasteiger charge is 2.41. The molecule has 27 heavy (non-hydrogen) atoms. The van der Waals surface area contributed by atoms with E-state index in [0.29, 0.717) is 5.39 Å². The second-order valence-corrected chi connectivity index (χ2v) is 6.03. The van der Waals surface area contributed by atoms with Crippen LogP contribution < -0.4 is 4.74 Å². The Kier molecular flexibility index (Phi) is 4.47. The Labute approximate surface area is 152 Å². The number of aromatic hydroxyl groups is 2. The van der Waals surface area contributed by atoms with Gasteiger partial charge in [-0.3, -0.25) is 4.79 Å². The molecular weight excluding hydrogens is 361 g/mol. The van der Waals surface area contributed by atoms with Crippen LogP contribution in [0.5, 0.6) is 17.2 Å². The molecule has 0 bridgehead atoms. The molecule has 0 saturated heterocycles. The molecule has 7 heteroatoms. The first-order chi connectivity index (χ1) is 12.7. The first kappa shape index (κ1) is 18.6. The highest BCUT2D eigenvalue weighted by Crippen LogP contribution is 2.44. The van der Waals surface area contributed by atoms with Gasteiger partial charge in [-0.15, -0.1) is 0 Å². The third-order valence-corrected chi connectivity index (χ3v) is 4.43. The van der Waals surface area contributed by atoms with Crippen molar-refractivity contribution >= 4 is 16.6 Å². The predicted molar refractivity (Wildman–Crippen MR) is 94.1 cm³/mol. The predicted octanol–water partition coefficient (Wildman–Crippen LogP) is 4.67. The van der Waals surface area contributed by atoms with Crippen LogP contribution in [-0.2, 0) is 0 Å². The molecule has 0 aromatic heterocycles. The summed E-state index contributed by atoms with van der Waals surface area (Å²) in [7, 11) is 0. The number of allylic oxidation sites excluding steroid dienone is 3. The minimum atomic E-state index is -4.73. The molecule has 0 aliphatic carbocycles. The van der Waals surface area contributed by atoms with Gasteiger partial charge in [-0.25, -0.2) is 0 Å². The molecule has 0 spiro atoms. The summed E-state index contributed by atoms with van der Waals surface area (Å²) in [5.41, 5.74) is -1.60. The summed E-state index contributed by atoms with van der Waals surface area (Å²) >= 11 is 0. The van der Waals surface area contributed by atoms with Crippen molar-refractivity contribution in [2.75, 3.05) is 6.61 Å². The van der Waals surface area contributed by atoms with Crippen molar-refractivity contribution < 1.29 is 32.9 Å². The number of ether oxygens (including phenoxy) is 1. The molecule has 1 atom stereocenters. The number of fused-ring (bicyclic) bond motifs is 3. The third-order valence-electron chi connectivity index (χ3n) is 4.43. The zero-order chi connectivity index (χ0) is 19.9. The summed E-state index contributed by atoms with van der Waals surface area (Å²) in [6, 6.07) is 5.81. The fourth-order valence-corrected chi connectivity index (χ4v) is 3.11. The topological polar surface area (TPSA) is 66.8 Å². The molecule has 0 saturated carbocycles. The van der Waals surface area contributed by atoms with Crippen molar-refractivity contribution in [2.45, 2.75) is 6.18 Å². The zero-order valence-electron chi connectivity index (χ0n) is 14.0. The quantitative estimate of drug-likeness (QED) is 0.603. The summed E-state index contributed by atoms with van der Waals surface area (Å²) in [6.45, 7) is 6.15. The van der Waals surface area contributed by atoms with Crippen molar-refractivity contribution in [2.24, 2.45) is 5.92 Å². The summed E-state index contributed by atoms with van der Waals surface area (Å²) < 4.78 is 45.0. The number of alkyl halides is 3. The summed E-state index contributed by atoms with van der Waals surface area (Å²) in [5.74, 6) is -2.81. The highest BCUT2D eigenvalue weighted by atomic mass is 19.4. The van der Waals surface area contributed by atoms with Crippen molar-refractivity contribution in [1.82, 2.24) is 0 Å². The van der Waals surface area contributed by atoms with Crippen LogP contribution in [0, 0.1) is 5.92 Å². The minimum absolute atomic E-state index is 0.0257. The SMILES string of the molecule is C=C/C=C(\C(=C)C(F)(F)F)C1COc2ccc3ccc(O)c(O)c3c2C1=O. The van der Waals surface area contributed by atoms with E-state index < -0.39 is 34.9 Å². The average molecular weight is 376 g/mol. The van der Waals surface area contributed by atoms with Crippen LogP contribution in [0.25, 0.3) is 10.8 Å². The Balaban J connectivity index is 2.19. The number of phenolic OH excluding ortho intramolecular Hbond substituents is 2. The van der Waals surface area contributed by atoms with Gasteiger partial charge in [0.05, 0.1) is 17.1 Å². The molecule has 0 radical (unpaired) electrons. The van der Waals surface area contributed by atoms with Gasteiger partial charge in [-0.05, 0) is 23.1 Å². The molecule has 2 N–H and O–H groups in total. The van der Waals surface area contributed by atoms with Gasteiger partial charge in [-0.2, -0.15) is 13.2 Å². The van der Waals surface area contributed by atoms with Crippen molar-refractivity contribution in [3.63, 3.8) is 0 Å². The van der Waals surface area contributed by atoms with Crippen molar-refractivity contribution in [3.8, 4) is 17.2 Å². The maximum atomic E-state index is 13.2. The second kappa shape index (κ2) is 6.50. The fraction of sp³-hybridized carbons (Fsp3) is 0.150. The number of benzene rings is 2. The number of carbonyl (C=O) groups excluding carboxylic acids is 1. The Morgan fingerprint density at radius 1 is 1.22 bits per heavy atom. The van der Waals surface area contributed by atoms with Gasteiger partial charge < -0.3 is 14.9 Å². The van der Waals surface area contributed by atoms with Crippen molar-refractivity contribution in [3.05, 3.63) is 66.3 Å². The first-order valence-corrected chi connectivity index (χ1v) is 7.90. The smallest absolute Gasteiger partial charge is 0.416 e. The molecule has 3 rings (SSSR count). The maximum absolute atomic E-state index is 13.2. The van der Waals surface area contributed by atoms with E-state index in [9.17, 15) is 28.2 Å². The van der Waals surface area contributed by atoms with E-state index in [2.05, 4.69) is 13.2 Å². The molecule has 1 aliphatic heterocycles. The van der Waals surface area contributed by atoms with E-state index in [4.69, 9.17) is 4.74 Å². The summed E-state index contributed by atoms with van der Waals surface area (Å²) in [5, 5.41) is 20.4. The first-order valence-electron chi connectivity index (χ1n) is 7.90. The van der Waals surface area contributed by atoms with Gasteiger partial charge >= 0.3 is 6.18 Å². The van der Waals surface area contributed by atoms with Gasteiger partial charge in [0, 0.05) is 5.39 Å². The fourth-order valence-electron chi connectivity index (χ4n) is 3.11. The largest absolute Gasteiger partial charge is 0.504 e. The molecule has 1 heterocycles. The number of phenols is 2. The van der Waals surface area contributed by atoms with E-state index >= 15 is 0 Å². The van der Waals surface area contributed by atoms with Crippen LogP contribution >= 0.6 is 0 Å². The monoisotopic (exact) mass is 376 g/mol. The van der Waals surface area contributed by atoms with Gasteiger partial charge in [0.25, 0.3) is 0 Å². The number of ketones is 1. The molecule has 0 amide bonds. The number of hydrogen-bond donors (Lipinski definition) is 2. The van der Waals surface area contributed by atoms with Crippen LogP contribution in [0.1, 0.15) is 10.4 Å². The lowest BCUT2D eigenvalue weighted by atomic mass is 9.83. The summed E-state index contributed by atoms with van der Waals surface area (Å²) in [6.07, 6.45) is -2.51. The van der Waals surface area contributed by atoms with Crippen LogP contribution in [-0.4, -0.2) is 28.8 Å². The third kappa shape index (κ3) is 3.05. The molecular formula is C20H15F3O4. The minimum Gasteiger partial charge on any atom is -0.504 e. The molecule has 4 nitrogen and oxygen atoms in total. The van der Waals surface area contributed by atoms with Gasteiger partial charge in [-0.1, -0.05) is 37.4 Å². The lowest BCUT2D eigenvalue weighted by molar-refractivity contribution is -0.0896. The number of halogens is 3. The zero-order valence-corrected chi connectivity index (χ0v) is 14.0. The molecule has 2 aromatic carbocycles. The standard InChI is InChI=1S/C20H15F3O4/c1-3-4-12(10(2)20(21,22)23)13-9-27-15-8-6-11-5-7-14(24)19(26)16(11)17(15)18(13)25/h3-8,13,24,26H,1-2,9H2/b12-4+. The Morgan fingerprint density at radius 3 is 2.52 bits per heavy atom. The van der Waals surface area contributed by atoms with Crippen LogP contribution in [0.15, 0.2) is 60.7 Å². The van der Waals surface area contributed by atoms with Crippen LogP contribution in [0.3, 0.4) is 0 Å². The lowest BCUT2D eigenvalue weighted by Gasteiger charge is -2.28. The Bertz CT molecular complexity index is 1000. The van der Waals surface area contributed by atoms with E-state index in [1.807, 2.05) is 0 Å². The Hall–Kier alpha value is -3.22. The molecule has 140 valence electrons. The van der Waals surface area contributed by atoms with Crippen LogP contribution in [0.4, 0.5) is 13.2 Å². The van der Waals surface area contributed by atoms with Gasteiger partial charge in [0.1, 0.15) is 12.4 Å². The molecule has 0 fully saturated rings. The molecule has 2 aromatic rings. The van der Waals surface area contributed by atoms with E-state index in [0.717, 1.165) is 12.2 Å². The van der Waals surface area contributed by atoms with Crippen LogP contribution in [0.2, 0.25) is 0 Å². The normalized spacial score (nSPS) is 17.4. The number of carbonyl (C=O) groups is 1. The van der Waals surface area contributed by atoms with Gasteiger partial charge in [0.15, 0.2) is 17.3 Å². The molecule has 1 unspecified atom stereocenters. The van der Waals surface area contributed by atoms with E-state index in [-0.39, 0.29) is 28.9 Å². The second-order valence-electron chi connectivity index (χ2n) is 6.03. The van der Waals surface area contributed by atoms with E-state index in [1.165, 1.54) is 18.2 Å². The highest BCUT2D eigenvalue weighted by molar-refractivity contribution is 6.15. The van der Waals surface area contributed by atoms with Gasteiger partial charge in [0.2, 0.25) is 0 Å². The number of Topliss-reactive ketones (excluding diaryl/α,β-unsaturated/α-hetero) is 1. The lowest BCUT2D eigenvalue weighted by Crippen LogP contribution is -2.32. The average Bonchev–Trinajstić information content (AvgIpc) is 2.62. The molecule has 1 aliphatic rings. The Morgan fingerprint density at radius 2 is 1.89 bits per heavy atom. The number of hydrogen-bond acceptors (Lipinski definition) is 4.